The van der Waals surface area contributed by atoms with Gasteiger partial charge in [-0.3, -0.25) is 0 Å². The molecule has 2 aromatic heterocycles. The topological polar surface area (TPSA) is 74.1 Å². The molecule has 0 aliphatic heterocycles. The van der Waals surface area contributed by atoms with Crippen molar-refractivity contribution in [2.45, 2.75) is 22.4 Å². The van der Waals surface area contributed by atoms with Crippen LogP contribution in [0.5, 0.6) is 5.88 Å². The number of hydrogen-bond donors (Lipinski definition) is 0. The molecule has 0 aliphatic rings. The van der Waals surface area contributed by atoms with Crippen LogP contribution in [0, 0.1) is 0 Å². The molecule has 2 heterocycles. The molecule has 0 saturated carbocycles. The van der Waals surface area contributed by atoms with E-state index in [0.29, 0.717) is 19.8 Å². The summed E-state index contributed by atoms with van der Waals surface area (Å²) >= 11 is 3.61. The molecule has 0 spiro atoms. The van der Waals surface area contributed by atoms with Gasteiger partial charge in [0, 0.05) is 7.05 Å². The molecule has 2 aromatic rings. The first-order chi connectivity index (χ1) is 11.7. The largest absolute Gasteiger partial charge is 0.468 e. The molecule has 26 heavy (non-hydrogen) atoms. The van der Waals surface area contributed by atoms with Gasteiger partial charge in [-0.25, -0.2) is 18.1 Å². The quantitative estimate of drug-likeness (QED) is 0.602. The lowest BCUT2D eigenvalue weighted by atomic mass is 10.2. The van der Waals surface area contributed by atoms with Crippen molar-refractivity contribution in [3.8, 4) is 5.88 Å². The molecule has 146 valence electrons. The van der Waals surface area contributed by atoms with Crippen LogP contribution < -0.4 is 4.74 Å². The summed E-state index contributed by atoms with van der Waals surface area (Å²) < 4.78 is 106. The molecular weight excluding hydrogens is 480 g/mol. The molecule has 0 fully saturated rings. The third kappa shape index (κ3) is 4.88. The Balaban J connectivity index is 2.50. The summed E-state index contributed by atoms with van der Waals surface area (Å²) in [5.74, 6) is -2.21. The van der Waals surface area contributed by atoms with Crippen molar-refractivity contribution < 1.29 is 39.5 Å². The van der Waals surface area contributed by atoms with E-state index in [-0.39, 0.29) is 0 Å². The van der Waals surface area contributed by atoms with Crippen LogP contribution in [0.3, 0.4) is 0 Å². The van der Waals surface area contributed by atoms with Crippen molar-refractivity contribution >= 4 is 37.1 Å². The molecule has 15 heteroatoms. The standard InChI is InChI=1S/C11H8BrF6N3O3S2/c1-21-8(24-4-10(13,14)15)5(7(20-21)11(16,17)18)3-26(22,23)9-19-2-6(12)25-9/h2H,3-4H2,1H3. The normalized spacial score (nSPS) is 13.2. The SMILES string of the molecule is Cn1nc(C(F)(F)F)c(CS(=O)(=O)c2ncc(Br)s2)c1OCC(F)(F)F. The number of nitrogens with zero attached hydrogens (tertiary/aromatic N) is 3. The molecule has 0 N–H and O–H groups in total. The Morgan fingerprint density at radius 2 is 1.88 bits per heavy atom. The predicted molar refractivity (Wildman–Crippen MR) is 80.5 cm³/mol. The van der Waals surface area contributed by atoms with E-state index in [9.17, 15) is 34.8 Å². The summed E-state index contributed by atoms with van der Waals surface area (Å²) in [4.78, 5) is 3.55. The molecule has 0 amide bonds. The van der Waals surface area contributed by atoms with Crippen LogP contribution in [0.2, 0.25) is 0 Å². The second-order valence-electron chi connectivity index (χ2n) is 4.85. The Morgan fingerprint density at radius 3 is 2.35 bits per heavy atom. The maximum atomic E-state index is 13.1. The van der Waals surface area contributed by atoms with E-state index in [0.717, 1.165) is 13.2 Å². The van der Waals surface area contributed by atoms with Crippen molar-refractivity contribution in [2.24, 2.45) is 7.05 Å². The van der Waals surface area contributed by atoms with Crippen molar-refractivity contribution in [1.29, 1.82) is 0 Å². The number of ether oxygens (including phenoxy) is 1. The minimum Gasteiger partial charge on any atom is -0.468 e. The highest BCUT2D eigenvalue weighted by atomic mass is 79.9. The number of hydrogen-bond acceptors (Lipinski definition) is 6. The Labute approximate surface area is 154 Å². The lowest BCUT2D eigenvalue weighted by Gasteiger charge is -2.11. The zero-order valence-electron chi connectivity index (χ0n) is 12.5. The monoisotopic (exact) mass is 487 g/mol. The third-order valence-electron chi connectivity index (χ3n) is 2.79. The fourth-order valence-electron chi connectivity index (χ4n) is 1.88. The first kappa shape index (κ1) is 21.0. The third-order valence-corrected chi connectivity index (χ3v) is 6.37. The van der Waals surface area contributed by atoms with Gasteiger partial charge in [0.25, 0.3) is 0 Å². The van der Waals surface area contributed by atoms with Gasteiger partial charge in [-0.05, 0) is 15.9 Å². The van der Waals surface area contributed by atoms with Crippen LogP contribution in [-0.4, -0.2) is 36.0 Å². The smallest absolute Gasteiger partial charge is 0.435 e. The van der Waals surface area contributed by atoms with Crippen molar-refractivity contribution in [1.82, 2.24) is 14.8 Å². The van der Waals surface area contributed by atoms with E-state index < -0.39 is 56.0 Å². The maximum absolute atomic E-state index is 13.1. The lowest BCUT2D eigenvalue weighted by Crippen LogP contribution is -2.21. The lowest BCUT2D eigenvalue weighted by molar-refractivity contribution is -0.154. The Bertz CT molecular complexity index is 903. The number of thiazole rings is 1. The van der Waals surface area contributed by atoms with Crippen LogP contribution in [0.25, 0.3) is 0 Å². The zero-order valence-corrected chi connectivity index (χ0v) is 15.7. The molecule has 2 rings (SSSR count). The Kier molecular flexibility index (Phi) is 5.64. The number of aryl methyl sites for hydroxylation is 1. The van der Waals surface area contributed by atoms with E-state index in [1.807, 2.05) is 0 Å². The van der Waals surface area contributed by atoms with E-state index in [1.54, 1.807) is 0 Å². The summed E-state index contributed by atoms with van der Waals surface area (Å²) in [6, 6.07) is 0. The molecular formula is C11H8BrF6N3O3S2. The average Bonchev–Trinajstić information content (AvgIpc) is 3.00. The van der Waals surface area contributed by atoms with E-state index in [4.69, 9.17) is 0 Å². The fourth-order valence-corrected chi connectivity index (χ4v) is 5.07. The van der Waals surface area contributed by atoms with Crippen LogP contribution in [0.1, 0.15) is 11.3 Å². The number of sulfone groups is 1. The van der Waals surface area contributed by atoms with Crippen molar-refractivity contribution in [2.75, 3.05) is 6.61 Å². The molecule has 0 bridgehead atoms. The first-order valence-corrected chi connectivity index (χ1v) is 9.63. The van der Waals surface area contributed by atoms with Crippen molar-refractivity contribution in [3.05, 3.63) is 21.2 Å². The van der Waals surface area contributed by atoms with Gasteiger partial charge in [0.2, 0.25) is 20.1 Å². The summed E-state index contributed by atoms with van der Waals surface area (Å²) in [5.41, 5.74) is -2.66. The minimum absolute atomic E-state index is 0.312. The van der Waals surface area contributed by atoms with Gasteiger partial charge in [0.05, 0.1) is 21.3 Å². The maximum Gasteiger partial charge on any atom is 0.435 e. The molecule has 0 radical (unpaired) electrons. The van der Waals surface area contributed by atoms with Gasteiger partial charge in [-0.2, -0.15) is 31.4 Å². The second-order valence-corrected chi connectivity index (χ2v) is 9.42. The van der Waals surface area contributed by atoms with Gasteiger partial charge < -0.3 is 4.74 Å². The van der Waals surface area contributed by atoms with Gasteiger partial charge in [0.15, 0.2) is 12.3 Å². The van der Waals surface area contributed by atoms with E-state index in [1.165, 1.54) is 0 Å². The average molecular weight is 488 g/mol. The van der Waals surface area contributed by atoms with Crippen LogP contribution >= 0.6 is 27.3 Å². The van der Waals surface area contributed by atoms with Crippen LogP contribution in [0.15, 0.2) is 14.3 Å². The summed E-state index contributed by atoms with van der Waals surface area (Å²) in [5, 5.41) is 3.07. The summed E-state index contributed by atoms with van der Waals surface area (Å²) in [6.07, 6.45) is -8.79. The van der Waals surface area contributed by atoms with E-state index >= 15 is 0 Å². The van der Waals surface area contributed by atoms with Crippen molar-refractivity contribution in [3.63, 3.8) is 0 Å². The fraction of sp³-hybridized carbons (Fsp3) is 0.455. The highest BCUT2D eigenvalue weighted by molar-refractivity contribution is 9.11. The van der Waals surface area contributed by atoms with Gasteiger partial charge >= 0.3 is 12.4 Å². The summed E-state index contributed by atoms with van der Waals surface area (Å²) in [7, 11) is -3.46. The first-order valence-electron chi connectivity index (χ1n) is 6.37. The van der Waals surface area contributed by atoms with E-state index in [2.05, 4.69) is 30.7 Å². The number of rotatable bonds is 5. The minimum atomic E-state index is -5.09. The molecule has 0 saturated heterocycles. The Hall–Kier alpha value is -1.35. The molecule has 0 unspecified atom stereocenters. The van der Waals surface area contributed by atoms with Gasteiger partial charge in [-0.15, -0.1) is 0 Å². The summed E-state index contributed by atoms with van der Waals surface area (Å²) in [6.45, 7) is -1.90. The highest BCUT2D eigenvalue weighted by Crippen LogP contribution is 2.38. The molecule has 6 nitrogen and oxygen atoms in total. The molecule has 0 atom stereocenters. The van der Waals surface area contributed by atoms with Crippen LogP contribution in [-0.2, 0) is 28.8 Å². The predicted octanol–water partition coefficient (Wildman–Crippen LogP) is 3.57. The number of halogens is 7. The Morgan fingerprint density at radius 1 is 1.27 bits per heavy atom. The second kappa shape index (κ2) is 6.99. The zero-order chi connectivity index (χ0) is 19.9. The molecule has 0 aromatic carbocycles. The van der Waals surface area contributed by atoms with Gasteiger partial charge in [0.1, 0.15) is 0 Å². The molecule has 0 aliphatic carbocycles. The number of alkyl halides is 6. The van der Waals surface area contributed by atoms with Crippen LogP contribution in [0.4, 0.5) is 26.3 Å². The highest BCUT2D eigenvalue weighted by Gasteiger charge is 2.42. The number of aromatic nitrogens is 3. The van der Waals surface area contributed by atoms with Gasteiger partial charge in [-0.1, -0.05) is 11.3 Å².